The van der Waals surface area contributed by atoms with Crippen LogP contribution < -0.4 is 10.5 Å². The first kappa shape index (κ1) is 15.6. The van der Waals surface area contributed by atoms with Gasteiger partial charge in [0.1, 0.15) is 5.75 Å². The van der Waals surface area contributed by atoms with Gasteiger partial charge in [0.2, 0.25) is 0 Å². The molecule has 0 saturated heterocycles. The highest BCUT2D eigenvalue weighted by Gasteiger charge is 2.08. The van der Waals surface area contributed by atoms with Gasteiger partial charge in [-0.1, -0.05) is 12.1 Å². The SMILES string of the molecule is Cc1cc(CC(C)N)cc(C)c1OCCc1cnn(C)c1. The molecule has 0 aliphatic heterocycles. The van der Waals surface area contributed by atoms with Crippen molar-refractivity contribution in [1.82, 2.24) is 9.78 Å². The van der Waals surface area contributed by atoms with Crippen LogP contribution in [0, 0.1) is 13.8 Å². The zero-order chi connectivity index (χ0) is 15.4. The average Bonchev–Trinajstić information content (AvgIpc) is 2.77. The molecule has 2 aromatic rings. The summed E-state index contributed by atoms with van der Waals surface area (Å²) in [5, 5.41) is 4.17. The fourth-order valence-corrected chi connectivity index (χ4v) is 2.63. The Kier molecular flexibility index (Phi) is 5.02. The monoisotopic (exact) mass is 287 g/mol. The highest BCUT2D eigenvalue weighted by Crippen LogP contribution is 2.25. The van der Waals surface area contributed by atoms with Gasteiger partial charge in [-0.3, -0.25) is 4.68 Å². The minimum atomic E-state index is 0.182. The van der Waals surface area contributed by atoms with E-state index in [4.69, 9.17) is 10.5 Å². The molecule has 0 spiro atoms. The van der Waals surface area contributed by atoms with Crippen LogP contribution in [0.4, 0.5) is 0 Å². The molecular formula is C17H25N3O. The molecule has 1 unspecified atom stereocenters. The molecule has 1 aromatic heterocycles. The molecular weight excluding hydrogens is 262 g/mol. The molecule has 1 aromatic carbocycles. The number of nitrogens with zero attached hydrogens (tertiary/aromatic N) is 2. The van der Waals surface area contributed by atoms with E-state index in [1.807, 2.05) is 31.0 Å². The fourth-order valence-electron chi connectivity index (χ4n) is 2.63. The van der Waals surface area contributed by atoms with Crippen LogP contribution in [0.1, 0.15) is 29.2 Å². The molecule has 0 aliphatic carbocycles. The third-order valence-corrected chi connectivity index (χ3v) is 3.47. The van der Waals surface area contributed by atoms with Crippen LogP contribution in [-0.4, -0.2) is 22.4 Å². The maximum absolute atomic E-state index is 5.97. The molecule has 1 heterocycles. The van der Waals surface area contributed by atoms with E-state index in [-0.39, 0.29) is 6.04 Å². The van der Waals surface area contributed by atoms with E-state index < -0.39 is 0 Å². The van der Waals surface area contributed by atoms with Gasteiger partial charge in [0, 0.05) is 25.7 Å². The van der Waals surface area contributed by atoms with E-state index in [2.05, 4.69) is 31.1 Å². The van der Waals surface area contributed by atoms with E-state index in [9.17, 15) is 0 Å². The normalized spacial score (nSPS) is 12.4. The molecule has 4 nitrogen and oxygen atoms in total. The Morgan fingerprint density at radius 3 is 2.43 bits per heavy atom. The second-order valence-electron chi connectivity index (χ2n) is 5.86. The second-order valence-corrected chi connectivity index (χ2v) is 5.86. The third-order valence-electron chi connectivity index (χ3n) is 3.47. The zero-order valence-electron chi connectivity index (χ0n) is 13.4. The Labute approximate surface area is 126 Å². The van der Waals surface area contributed by atoms with E-state index in [0.29, 0.717) is 6.61 Å². The summed E-state index contributed by atoms with van der Waals surface area (Å²) in [6, 6.07) is 4.53. The number of hydrogen-bond acceptors (Lipinski definition) is 3. The van der Waals surface area contributed by atoms with Crippen LogP contribution in [0.15, 0.2) is 24.5 Å². The van der Waals surface area contributed by atoms with Crippen LogP contribution >= 0.6 is 0 Å². The highest BCUT2D eigenvalue weighted by molar-refractivity contribution is 5.43. The van der Waals surface area contributed by atoms with Crippen LogP contribution in [0.3, 0.4) is 0 Å². The van der Waals surface area contributed by atoms with Crippen molar-refractivity contribution in [2.75, 3.05) is 6.61 Å². The molecule has 0 aliphatic rings. The second kappa shape index (κ2) is 6.76. The standard InChI is InChI=1S/C17H25N3O/c1-12-7-16(9-14(3)18)8-13(2)17(12)21-6-5-15-10-19-20(4)11-15/h7-8,10-11,14H,5-6,9,18H2,1-4H3. The lowest BCUT2D eigenvalue weighted by Gasteiger charge is -2.15. The topological polar surface area (TPSA) is 53.1 Å². The van der Waals surface area contributed by atoms with Gasteiger partial charge in [0.05, 0.1) is 12.8 Å². The van der Waals surface area contributed by atoms with Crippen LogP contribution in [0.5, 0.6) is 5.75 Å². The van der Waals surface area contributed by atoms with Crippen LogP contribution in [-0.2, 0) is 19.9 Å². The lowest BCUT2D eigenvalue weighted by molar-refractivity contribution is 0.317. The predicted octanol–water partition coefficient (Wildman–Crippen LogP) is 2.55. The largest absolute Gasteiger partial charge is 0.493 e. The molecule has 4 heteroatoms. The summed E-state index contributed by atoms with van der Waals surface area (Å²) in [7, 11) is 1.93. The molecule has 2 rings (SSSR count). The van der Waals surface area contributed by atoms with Crippen molar-refractivity contribution < 1.29 is 4.74 Å². The third kappa shape index (κ3) is 4.33. The van der Waals surface area contributed by atoms with Crippen LogP contribution in [0.2, 0.25) is 0 Å². The first-order chi connectivity index (χ1) is 9.95. The lowest BCUT2D eigenvalue weighted by atomic mass is 10.0. The van der Waals surface area contributed by atoms with Crippen molar-refractivity contribution in [3.05, 3.63) is 46.8 Å². The molecule has 0 bridgehead atoms. The van der Waals surface area contributed by atoms with Gasteiger partial charge in [-0.2, -0.15) is 5.10 Å². The number of hydrogen-bond donors (Lipinski definition) is 1. The number of aromatic nitrogens is 2. The van der Waals surface area contributed by atoms with Gasteiger partial charge in [-0.25, -0.2) is 0 Å². The quantitative estimate of drug-likeness (QED) is 0.888. The summed E-state index contributed by atoms with van der Waals surface area (Å²) >= 11 is 0. The minimum absolute atomic E-state index is 0.182. The summed E-state index contributed by atoms with van der Waals surface area (Å²) < 4.78 is 7.79. The predicted molar refractivity (Wildman–Crippen MR) is 85.7 cm³/mol. The Balaban J connectivity index is 1.99. The van der Waals surface area contributed by atoms with Gasteiger partial charge in [0.25, 0.3) is 0 Å². The zero-order valence-corrected chi connectivity index (χ0v) is 13.4. The molecule has 114 valence electrons. The maximum atomic E-state index is 5.97. The molecule has 21 heavy (non-hydrogen) atoms. The molecule has 0 fully saturated rings. The van der Waals surface area contributed by atoms with E-state index in [1.165, 1.54) is 22.3 Å². The first-order valence-electron chi connectivity index (χ1n) is 7.41. The van der Waals surface area contributed by atoms with Crippen molar-refractivity contribution >= 4 is 0 Å². The van der Waals surface area contributed by atoms with Crippen molar-refractivity contribution in [2.24, 2.45) is 12.8 Å². The first-order valence-corrected chi connectivity index (χ1v) is 7.41. The number of rotatable bonds is 6. The van der Waals surface area contributed by atoms with Crippen molar-refractivity contribution in [2.45, 2.75) is 39.7 Å². The maximum Gasteiger partial charge on any atom is 0.125 e. The smallest absolute Gasteiger partial charge is 0.125 e. The van der Waals surface area contributed by atoms with Crippen molar-refractivity contribution in [3.63, 3.8) is 0 Å². The van der Waals surface area contributed by atoms with Gasteiger partial charge >= 0.3 is 0 Å². The van der Waals surface area contributed by atoms with Crippen molar-refractivity contribution in [3.8, 4) is 5.75 Å². The Morgan fingerprint density at radius 2 is 1.90 bits per heavy atom. The van der Waals surface area contributed by atoms with Gasteiger partial charge in [-0.15, -0.1) is 0 Å². The number of nitrogens with two attached hydrogens (primary N) is 1. The van der Waals surface area contributed by atoms with E-state index >= 15 is 0 Å². The van der Waals surface area contributed by atoms with Gasteiger partial charge in [-0.05, 0) is 49.4 Å². The Hall–Kier alpha value is -1.81. The number of benzene rings is 1. The molecule has 2 N–H and O–H groups in total. The summed E-state index contributed by atoms with van der Waals surface area (Å²) in [6.45, 7) is 6.89. The molecule has 0 saturated carbocycles. The molecule has 1 atom stereocenters. The summed E-state index contributed by atoms with van der Waals surface area (Å²) in [6.07, 6.45) is 5.68. The summed E-state index contributed by atoms with van der Waals surface area (Å²) in [4.78, 5) is 0. The van der Waals surface area contributed by atoms with E-state index in [1.54, 1.807) is 0 Å². The number of ether oxygens (including phenoxy) is 1. The van der Waals surface area contributed by atoms with E-state index in [0.717, 1.165) is 18.6 Å². The van der Waals surface area contributed by atoms with Crippen LogP contribution in [0.25, 0.3) is 0 Å². The molecule has 0 radical (unpaired) electrons. The average molecular weight is 287 g/mol. The molecule has 0 amide bonds. The lowest BCUT2D eigenvalue weighted by Crippen LogP contribution is -2.18. The summed E-state index contributed by atoms with van der Waals surface area (Å²) in [5.74, 6) is 0.993. The van der Waals surface area contributed by atoms with Gasteiger partial charge < -0.3 is 10.5 Å². The minimum Gasteiger partial charge on any atom is -0.493 e. The fraction of sp³-hybridized carbons (Fsp3) is 0.471. The number of aryl methyl sites for hydroxylation is 3. The van der Waals surface area contributed by atoms with Crippen molar-refractivity contribution in [1.29, 1.82) is 0 Å². The van der Waals surface area contributed by atoms with Gasteiger partial charge in [0.15, 0.2) is 0 Å². The Morgan fingerprint density at radius 1 is 1.24 bits per heavy atom. The summed E-state index contributed by atoms with van der Waals surface area (Å²) in [5.41, 5.74) is 10.7. The Bertz CT molecular complexity index is 579. The highest BCUT2D eigenvalue weighted by atomic mass is 16.5.